The smallest absolute Gasteiger partial charge is 0.222 e. The minimum atomic E-state index is -0.321. The molecule has 1 fully saturated rings. The number of β-amino-alcohol motifs (C(OH)–C–C–N with tert-alkyl or cyclic N) is 1. The molecule has 14 heavy (non-hydrogen) atoms. The van der Waals surface area contributed by atoms with Crippen LogP contribution in [0.25, 0.3) is 0 Å². The van der Waals surface area contributed by atoms with Gasteiger partial charge in [-0.1, -0.05) is 0 Å². The molecule has 0 bridgehead atoms. The van der Waals surface area contributed by atoms with Crippen LogP contribution in [0.1, 0.15) is 26.2 Å². The highest BCUT2D eigenvalue weighted by atomic mass is 16.5. The van der Waals surface area contributed by atoms with Crippen LogP contribution in [0.4, 0.5) is 0 Å². The maximum atomic E-state index is 11.6. The summed E-state index contributed by atoms with van der Waals surface area (Å²) in [6.07, 6.45) is 1.79. The van der Waals surface area contributed by atoms with Gasteiger partial charge in [0.15, 0.2) is 0 Å². The standard InChI is InChI=1S/C10H19NO3/c1-8(14-2)3-4-10(13)11-6-5-9(12)7-11/h8-9,12H,3-7H2,1-2H3/t8?,9-/m0/s1. The van der Waals surface area contributed by atoms with E-state index in [2.05, 4.69) is 0 Å². The first kappa shape index (κ1) is 11.5. The Hall–Kier alpha value is -0.610. The number of hydrogen-bond donors (Lipinski definition) is 1. The average Bonchev–Trinajstić information content (AvgIpc) is 2.60. The molecule has 0 radical (unpaired) electrons. The summed E-state index contributed by atoms with van der Waals surface area (Å²) in [5.41, 5.74) is 0. The predicted octanol–water partition coefficient (Wildman–Crippen LogP) is 0.395. The van der Waals surface area contributed by atoms with E-state index in [4.69, 9.17) is 4.74 Å². The van der Waals surface area contributed by atoms with Gasteiger partial charge in [0.1, 0.15) is 0 Å². The van der Waals surface area contributed by atoms with Crippen molar-refractivity contribution in [1.82, 2.24) is 4.90 Å². The van der Waals surface area contributed by atoms with E-state index in [1.165, 1.54) is 0 Å². The third-order valence-corrected chi connectivity index (χ3v) is 2.68. The maximum absolute atomic E-state index is 11.6. The Morgan fingerprint density at radius 1 is 1.71 bits per heavy atom. The first-order valence-corrected chi connectivity index (χ1v) is 5.12. The number of carbonyl (C=O) groups is 1. The van der Waals surface area contributed by atoms with Crippen molar-refractivity contribution in [2.75, 3.05) is 20.2 Å². The summed E-state index contributed by atoms with van der Waals surface area (Å²) in [6, 6.07) is 0. The average molecular weight is 201 g/mol. The number of likely N-dealkylation sites (tertiary alicyclic amines) is 1. The Bertz CT molecular complexity index is 196. The van der Waals surface area contributed by atoms with Gasteiger partial charge in [-0.2, -0.15) is 0 Å². The third kappa shape index (κ3) is 3.27. The molecule has 1 N–H and O–H groups in total. The highest BCUT2D eigenvalue weighted by molar-refractivity contribution is 5.76. The second-order valence-corrected chi connectivity index (χ2v) is 3.87. The second-order valence-electron chi connectivity index (χ2n) is 3.87. The van der Waals surface area contributed by atoms with E-state index in [0.29, 0.717) is 25.9 Å². The van der Waals surface area contributed by atoms with Gasteiger partial charge in [0.2, 0.25) is 5.91 Å². The van der Waals surface area contributed by atoms with Crippen molar-refractivity contribution in [1.29, 1.82) is 0 Å². The molecular formula is C10H19NO3. The van der Waals surface area contributed by atoms with Crippen LogP contribution in [0, 0.1) is 0 Å². The van der Waals surface area contributed by atoms with E-state index in [1.807, 2.05) is 6.92 Å². The highest BCUT2D eigenvalue weighted by Crippen LogP contribution is 2.11. The van der Waals surface area contributed by atoms with E-state index in [1.54, 1.807) is 12.0 Å². The Kier molecular flexibility index (Phi) is 4.35. The number of aliphatic hydroxyl groups is 1. The van der Waals surface area contributed by atoms with Crippen LogP contribution in [0.2, 0.25) is 0 Å². The highest BCUT2D eigenvalue weighted by Gasteiger charge is 2.24. The van der Waals surface area contributed by atoms with Gasteiger partial charge in [-0.3, -0.25) is 4.79 Å². The van der Waals surface area contributed by atoms with Crippen molar-refractivity contribution in [3.63, 3.8) is 0 Å². The Morgan fingerprint density at radius 3 is 2.93 bits per heavy atom. The molecule has 0 aromatic rings. The fourth-order valence-electron chi connectivity index (χ4n) is 1.57. The normalized spacial score (nSPS) is 23.9. The molecular weight excluding hydrogens is 182 g/mol. The van der Waals surface area contributed by atoms with Gasteiger partial charge in [-0.25, -0.2) is 0 Å². The van der Waals surface area contributed by atoms with Crippen LogP contribution >= 0.6 is 0 Å². The van der Waals surface area contributed by atoms with Crippen molar-refractivity contribution < 1.29 is 14.6 Å². The lowest BCUT2D eigenvalue weighted by molar-refractivity contribution is -0.131. The van der Waals surface area contributed by atoms with Crippen molar-refractivity contribution in [2.45, 2.75) is 38.4 Å². The van der Waals surface area contributed by atoms with E-state index in [-0.39, 0.29) is 18.1 Å². The molecule has 1 aliphatic rings. The number of carbonyl (C=O) groups excluding carboxylic acids is 1. The van der Waals surface area contributed by atoms with Crippen molar-refractivity contribution >= 4 is 5.91 Å². The number of aliphatic hydroxyl groups excluding tert-OH is 1. The Labute approximate surface area is 84.8 Å². The van der Waals surface area contributed by atoms with Crippen LogP contribution < -0.4 is 0 Å². The van der Waals surface area contributed by atoms with E-state index in [0.717, 1.165) is 6.42 Å². The molecule has 0 spiro atoms. The Balaban J connectivity index is 2.22. The van der Waals surface area contributed by atoms with Crippen LogP contribution in [-0.4, -0.2) is 48.3 Å². The zero-order valence-corrected chi connectivity index (χ0v) is 8.90. The first-order valence-electron chi connectivity index (χ1n) is 5.12. The minimum Gasteiger partial charge on any atom is -0.391 e. The number of hydrogen-bond acceptors (Lipinski definition) is 3. The third-order valence-electron chi connectivity index (χ3n) is 2.68. The van der Waals surface area contributed by atoms with Crippen molar-refractivity contribution in [2.24, 2.45) is 0 Å². The fourth-order valence-corrected chi connectivity index (χ4v) is 1.57. The van der Waals surface area contributed by atoms with Crippen LogP contribution in [0.15, 0.2) is 0 Å². The topological polar surface area (TPSA) is 49.8 Å². The van der Waals surface area contributed by atoms with Gasteiger partial charge in [0.05, 0.1) is 12.2 Å². The van der Waals surface area contributed by atoms with Gasteiger partial charge >= 0.3 is 0 Å². The van der Waals surface area contributed by atoms with E-state index < -0.39 is 0 Å². The van der Waals surface area contributed by atoms with Gasteiger partial charge in [-0.15, -0.1) is 0 Å². The van der Waals surface area contributed by atoms with Gasteiger partial charge in [0, 0.05) is 26.6 Å². The molecule has 82 valence electrons. The second kappa shape index (κ2) is 5.32. The lowest BCUT2D eigenvalue weighted by atomic mass is 10.2. The molecule has 1 amide bonds. The fraction of sp³-hybridized carbons (Fsp3) is 0.900. The molecule has 0 aliphatic carbocycles. The summed E-state index contributed by atoms with van der Waals surface area (Å²) in [5.74, 6) is 0.130. The molecule has 1 heterocycles. The molecule has 1 saturated heterocycles. The monoisotopic (exact) mass is 201 g/mol. The predicted molar refractivity (Wildman–Crippen MR) is 52.9 cm³/mol. The largest absolute Gasteiger partial charge is 0.391 e. The Morgan fingerprint density at radius 2 is 2.43 bits per heavy atom. The number of rotatable bonds is 4. The maximum Gasteiger partial charge on any atom is 0.222 e. The summed E-state index contributed by atoms with van der Waals surface area (Å²) < 4.78 is 5.06. The van der Waals surface area contributed by atoms with Gasteiger partial charge < -0.3 is 14.7 Å². The van der Waals surface area contributed by atoms with E-state index in [9.17, 15) is 9.90 Å². The summed E-state index contributed by atoms with van der Waals surface area (Å²) in [5, 5.41) is 9.25. The summed E-state index contributed by atoms with van der Waals surface area (Å²) in [7, 11) is 1.65. The molecule has 1 aliphatic heterocycles. The molecule has 0 saturated carbocycles. The summed E-state index contributed by atoms with van der Waals surface area (Å²) in [6.45, 7) is 3.15. The number of amides is 1. The quantitative estimate of drug-likeness (QED) is 0.716. The van der Waals surface area contributed by atoms with Crippen molar-refractivity contribution in [3.8, 4) is 0 Å². The molecule has 0 aromatic carbocycles. The minimum absolute atomic E-state index is 0.130. The number of methoxy groups -OCH3 is 1. The van der Waals surface area contributed by atoms with Crippen LogP contribution in [0.5, 0.6) is 0 Å². The zero-order chi connectivity index (χ0) is 10.6. The molecule has 0 aromatic heterocycles. The number of ether oxygens (including phenoxy) is 1. The van der Waals surface area contributed by atoms with Crippen LogP contribution in [-0.2, 0) is 9.53 Å². The molecule has 1 rings (SSSR count). The van der Waals surface area contributed by atoms with Crippen molar-refractivity contribution in [3.05, 3.63) is 0 Å². The number of nitrogens with zero attached hydrogens (tertiary/aromatic N) is 1. The first-order chi connectivity index (χ1) is 6.63. The lowest BCUT2D eigenvalue weighted by Gasteiger charge is -2.16. The van der Waals surface area contributed by atoms with Crippen LogP contribution in [0.3, 0.4) is 0 Å². The summed E-state index contributed by atoms with van der Waals surface area (Å²) in [4.78, 5) is 13.3. The lowest BCUT2D eigenvalue weighted by Crippen LogP contribution is -2.30. The van der Waals surface area contributed by atoms with Gasteiger partial charge in [-0.05, 0) is 19.8 Å². The van der Waals surface area contributed by atoms with Gasteiger partial charge in [0.25, 0.3) is 0 Å². The molecule has 4 nitrogen and oxygen atoms in total. The molecule has 1 unspecified atom stereocenters. The SMILES string of the molecule is COC(C)CCC(=O)N1CC[C@H](O)C1. The summed E-state index contributed by atoms with van der Waals surface area (Å²) >= 11 is 0. The zero-order valence-electron chi connectivity index (χ0n) is 8.90. The van der Waals surface area contributed by atoms with E-state index >= 15 is 0 Å². The molecule has 2 atom stereocenters. The molecule has 4 heteroatoms.